The van der Waals surface area contributed by atoms with Crippen molar-refractivity contribution in [1.29, 1.82) is 0 Å². The molecule has 13 heavy (non-hydrogen) atoms. The molecule has 68 valence electrons. The fourth-order valence-electron chi connectivity index (χ4n) is 1.39. The SMILES string of the molecule is Cc1cnc2c(c1)c(C)cn2SI. The molecule has 2 nitrogen and oxygen atoms in total. The van der Waals surface area contributed by atoms with Gasteiger partial charge < -0.3 is 0 Å². The first kappa shape index (κ1) is 9.33. The normalized spacial score (nSPS) is 11.0. The molecule has 0 radical (unpaired) electrons. The molecule has 0 aliphatic carbocycles. The van der Waals surface area contributed by atoms with E-state index in [2.05, 4.69) is 56.3 Å². The third-order valence-corrected chi connectivity index (χ3v) is 3.72. The van der Waals surface area contributed by atoms with Crippen LogP contribution in [0.1, 0.15) is 11.1 Å². The van der Waals surface area contributed by atoms with Crippen molar-refractivity contribution < 1.29 is 0 Å². The zero-order chi connectivity index (χ0) is 9.42. The second-order valence-electron chi connectivity index (χ2n) is 3.09. The van der Waals surface area contributed by atoms with Gasteiger partial charge in [-0.15, -0.1) is 0 Å². The van der Waals surface area contributed by atoms with E-state index in [-0.39, 0.29) is 0 Å². The highest BCUT2D eigenvalue weighted by Crippen LogP contribution is 2.26. The van der Waals surface area contributed by atoms with Gasteiger partial charge in [-0.2, -0.15) is 0 Å². The molecular formula is C9H9IN2S. The second kappa shape index (κ2) is 3.49. The second-order valence-corrected chi connectivity index (χ2v) is 4.80. The quantitative estimate of drug-likeness (QED) is 0.751. The summed E-state index contributed by atoms with van der Waals surface area (Å²) < 4.78 is 2.09. The number of hydrogen-bond donors (Lipinski definition) is 0. The van der Waals surface area contributed by atoms with Gasteiger partial charge in [0.05, 0.1) is 0 Å². The molecule has 0 unspecified atom stereocenters. The average molecular weight is 304 g/mol. The monoisotopic (exact) mass is 304 g/mol. The third kappa shape index (κ3) is 1.57. The maximum atomic E-state index is 4.41. The molecule has 0 amide bonds. The fourth-order valence-corrected chi connectivity index (χ4v) is 2.70. The zero-order valence-electron chi connectivity index (χ0n) is 7.41. The van der Waals surface area contributed by atoms with Crippen LogP contribution in [0.4, 0.5) is 0 Å². The molecule has 2 aromatic heterocycles. The van der Waals surface area contributed by atoms with Crippen molar-refractivity contribution in [2.45, 2.75) is 13.8 Å². The lowest BCUT2D eigenvalue weighted by Gasteiger charge is -1.96. The Kier molecular flexibility index (Phi) is 2.51. The molecule has 2 heterocycles. The van der Waals surface area contributed by atoms with Crippen LogP contribution in [0.3, 0.4) is 0 Å². The summed E-state index contributed by atoms with van der Waals surface area (Å²) in [4.78, 5) is 4.41. The third-order valence-electron chi connectivity index (χ3n) is 2.02. The van der Waals surface area contributed by atoms with E-state index >= 15 is 0 Å². The summed E-state index contributed by atoms with van der Waals surface area (Å²) in [6.07, 6.45) is 4.03. The summed E-state index contributed by atoms with van der Waals surface area (Å²) in [5.74, 6) is 0. The van der Waals surface area contributed by atoms with E-state index < -0.39 is 0 Å². The Morgan fingerprint density at radius 2 is 2.23 bits per heavy atom. The van der Waals surface area contributed by atoms with Gasteiger partial charge in [0, 0.05) is 48.1 Å². The molecule has 0 atom stereocenters. The van der Waals surface area contributed by atoms with Gasteiger partial charge >= 0.3 is 0 Å². The highest BCUT2D eigenvalue weighted by Gasteiger charge is 2.05. The number of aryl methyl sites for hydroxylation is 2. The number of pyridine rings is 1. The Labute approximate surface area is 93.4 Å². The van der Waals surface area contributed by atoms with Crippen molar-refractivity contribution >= 4 is 41.4 Å². The van der Waals surface area contributed by atoms with E-state index in [9.17, 15) is 0 Å². The minimum atomic E-state index is 1.06. The van der Waals surface area contributed by atoms with Gasteiger partial charge in [-0.1, -0.05) is 0 Å². The van der Waals surface area contributed by atoms with Crippen LogP contribution < -0.4 is 0 Å². The number of rotatable bonds is 1. The number of nitrogens with zero attached hydrogens (tertiary/aromatic N) is 2. The first-order valence-corrected chi connectivity index (χ1v) is 7.27. The van der Waals surface area contributed by atoms with Gasteiger partial charge in [0.25, 0.3) is 0 Å². The lowest BCUT2D eigenvalue weighted by molar-refractivity contribution is 1.24. The molecular weight excluding hydrogens is 295 g/mol. The Balaban J connectivity index is 2.80. The Hall–Kier alpha value is -0.230. The summed E-state index contributed by atoms with van der Waals surface area (Å²) in [7, 11) is 1.65. The van der Waals surface area contributed by atoms with Crippen molar-refractivity contribution in [3.05, 3.63) is 29.6 Å². The van der Waals surface area contributed by atoms with E-state index in [0.717, 1.165) is 5.65 Å². The van der Waals surface area contributed by atoms with Gasteiger partial charge in [-0.25, -0.2) is 4.98 Å². The Morgan fingerprint density at radius 1 is 1.46 bits per heavy atom. The number of fused-ring (bicyclic) bond motifs is 1. The van der Waals surface area contributed by atoms with E-state index in [1.54, 1.807) is 9.12 Å². The van der Waals surface area contributed by atoms with Crippen LogP contribution in [0, 0.1) is 13.8 Å². The Morgan fingerprint density at radius 3 is 2.92 bits per heavy atom. The van der Waals surface area contributed by atoms with Gasteiger partial charge in [0.15, 0.2) is 5.65 Å². The number of aromatic nitrogens is 2. The molecule has 4 heteroatoms. The minimum absolute atomic E-state index is 1.06. The van der Waals surface area contributed by atoms with Crippen molar-refractivity contribution in [2.75, 3.05) is 0 Å². The predicted octanol–water partition coefficient (Wildman–Crippen LogP) is 3.50. The van der Waals surface area contributed by atoms with Crippen molar-refractivity contribution in [2.24, 2.45) is 0 Å². The standard InChI is InChI=1S/C9H9IN2S/c1-6-3-8-7(2)5-12(13-10)9(8)11-4-6/h3-5H,1-2H3. The molecule has 0 aliphatic rings. The zero-order valence-corrected chi connectivity index (χ0v) is 10.4. The van der Waals surface area contributed by atoms with Crippen LogP contribution in [0.25, 0.3) is 11.0 Å². The van der Waals surface area contributed by atoms with Crippen molar-refractivity contribution in [3.8, 4) is 0 Å². The molecule has 0 N–H and O–H groups in total. The van der Waals surface area contributed by atoms with E-state index in [1.807, 2.05) is 6.20 Å². The van der Waals surface area contributed by atoms with E-state index in [0.29, 0.717) is 0 Å². The summed E-state index contributed by atoms with van der Waals surface area (Å²) in [6.45, 7) is 4.19. The highest BCUT2D eigenvalue weighted by atomic mass is 127. The summed E-state index contributed by atoms with van der Waals surface area (Å²) in [6, 6.07) is 2.18. The van der Waals surface area contributed by atoms with Crippen LogP contribution in [0.5, 0.6) is 0 Å². The lowest BCUT2D eigenvalue weighted by Crippen LogP contribution is -1.83. The molecule has 0 saturated heterocycles. The molecule has 0 aliphatic heterocycles. The summed E-state index contributed by atoms with van der Waals surface area (Å²) in [5.41, 5.74) is 3.56. The number of halogens is 1. The minimum Gasteiger partial charge on any atom is -0.266 e. The molecule has 0 aromatic carbocycles. The molecule has 0 fully saturated rings. The molecule has 0 saturated carbocycles. The maximum Gasteiger partial charge on any atom is 0.150 e. The first-order chi connectivity index (χ1) is 6.22. The topological polar surface area (TPSA) is 17.8 Å². The molecule has 2 aromatic rings. The van der Waals surface area contributed by atoms with Crippen molar-refractivity contribution in [3.63, 3.8) is 0 Å². The maximum absolute atomic E-state index is 4.41. The van der Waals surface area contributed by atoms with Gasteiger partial charge in [-0.05, 0) is 31.0 Å². The summed E-state index contributed by atoms with van der Waals surface area (Å²) >= 11 is 2.26. The molecule has 0 bridgehead atoms. The molecule has 2 rings (SSSR count). The van der Waals surface area contributed by atoms with Crippen molar-refractivity contribution in [1.82, 2.24) is 8.96 Å². The largest absolute Gasteiger partial charge is 0.266 e. The first-order valence-electron chi connectivity index (χ1n) is 3.96. The van der Waals surface area contributed by atoms with Gasteiger partial charge in [0.1, 0.15) is 0 Å². The van der Waals surface area contributed by atoms with Crippen LogP contribution in [0.2, 0.25) is 0 Å². The Bertz CT molecular complexity index is 450. The van der Waals surface area contributed by atoms with Gasteiger partial charge in [0.2, 0.25) is 0 Å². The van der Waals surface area contributed by atoms with Crippen LogP contribution in [-0.2, 0) is 0 Å². The predicted molar refractivity (Wildman–Crippen MR) is 66.2 cm³/mol. The number of hydrogen-bond acceptors (Lipinski definition) is 2. The van der Waals surface area contributed by atoms with Crippen LogP contribution in [0.15, 0.2) is 18.5 Å². The summed E-state index contributed by atoms with van der Waals surface area (Å²) in [5, 5.41) is 1.25. The fraction of sp³-hybridized carbons (Fsp3) is 0.222. The van der Waals surface area contributed by atoms with E-state index in [1.165, 1.54) is 16.5 Å². The average Bonchev–Trinajstić information content (AvgIpc) is 2.43. The molecule has 0 spiro atoms. The highest BCUT2D eigenvalue weighted by molar-refractivity contribution is 14.2. The lowest BCUT2D eigenvalue weighted by atomic mass is 10.2. The van der Waals surface area contributed by atoms with Gasteiger partial charge in [-0.3, -0.25) is 3.97 Å². The van der Waals surface area contributed by atoms with Crippen LogP contribution in [-0.4, -0.2) is 8.96 Å². The van der Waals surface area contributed by atoms with Crippen LogP contribution >= 0.6 is 30.3 Å². The smallest absolute Gasteiger partial charge is 0.150 e. The van der Waals surface area contributed by atoms with E-state index in [4.69, 9.17) is 0 Å².